The number of aromatic nitrogens is 2. The molecule has 0 fully saturated rings. The maximum Gasteiger partial charge on any atom is 0.239 e. The number of aliphatic imine (C=N–C) groups is 1. The zero-order valence-electron chi connectivity index (χ0n) is 16.1. The Bertz CT molecular complexity index is 583. The van der Waals surface area contributed by atoms with Gasteiger partial charge in [-0.1, -0.05) is 13.8 Å². The normalized spacial score (nSPS) is 12.2. The predicted octanol–water partition coefficient (Wildman–Crippen LogP) is 1.12. The highest BCUT2D eigenvalue weighted by Crippen LogP contribution is 2.15. The lowest BCUT2D eigenvalue weighted by atomic mass is 10.1. The molecule has 1 amide bonds. The Morgan fingerprint density at radius 1 is 1.21 bits per heavy atom. The van der Waals surface area contributed by atoms with Crippen LogP contribution in [0.4, 0.5) is 0 Å². The molecule has 0 aliphatic carbocycles. The summed E-state index contributed by atoms with van der Waals surface area (Å²) in [5, 5.41) is 13.8. The quantitative estimate of drug-likeness (QED) is 0.537. The van der Waals surface area contributed by atoms with Gasteiger partial charge in [0.15, 0.2) is 5.96 Å². The largest absolute Gasteiger partial charge is 0.352 e. The fourth-order valence-electron chi connectivity index (χ4n) is 2.61. The maximum atomic E-state index is 11.9. The Hall–Kier alpha value is -2.05. The van der Waals surface area contributed by atoms with Gasteiger partial charge in [0, 0.05) is 37.4 Å². The molecule has 0 unspecified atom stereocenters. The second-order valence-electron chi connectivity index (χ2n) is 6.78. The predicted molar refractivity (Wildman–Crippen MR) is 98.1 cm³/mol. The summed E-state index contributed by atoms with van der Waals surface area (Å²) < 4.78 is 1.95. The van der Waals surface area contributed by atoms with Gasteiger partial charge < -0.3 is 16.0 Å². The van der Waals surface area contributed by atoms with Crippen LogP contribution in [-0.4, -0.2) is 40.8 Å². The van der Waals surface area contributed by atoms with E-state index in [1.54, 1.807) is 7.05 Å². The number of nitrogens with zero attached hydrogens (tertiary/aromatic N) is 3. The summed E-state index contributed by atoms with van der Waals surface area (Å²) in [5.74, 6) is 0.544. The van der Waals surface area contributed by atoms with E-state index in [0.29, 0.717) is 12.5 Å². The molecule has 1 aromatic rings. The Labute approximate surface area is 145 Å². The lowest BCUT2D eigenvalue weighted by Crippen LogP contribution is -2.48. The van der Waals surface area contributed by atoms with Gasteiger partial charge in [-0.05, 0) is 33.6 Å². The summed E-state index contributed by atoms with van der Waals surface area (Å²) in [7, 11) is 3.67. The van der Waals surface area contributed by atoms with Crippen LogP contribution in [0.1, 0.15) is 51.6 Å². The third-order valence-corrected chi connectivity index (χ3v) is 3.61. The van der Waals surface area contributed by atoms with Crippen LogP contribution in [0.2, 0.25) is 0 Å². The van der Waals surface area contributed by atoms with Crippen LogP contribution < -0.4 is 16.0 Å². The van der Waals surface area contributed by atoms with E-state index < -0.39 is 0 Å². The lowest BCUT2D eigenvalue weighted by Gasteiger charge is -2.21. The molecule has 1 heterocycles. The van der Waals surface area contributed by atoms with Gasteiger partial charge >= 0.3 is 0 Å². The third kappa shape index (κ3) is 5.86. The van der Waals surface area contributed by atoms with Gasteiger partial charge in [0.05, 0.1) is 12.2 Å². The van der Waals surface area contributed by atoms with E-state index in [4.69, 9.17) is 0 Å². The van der Waals surface area contributed by atoms with E-state index in [1.165, 1.54) is 11.3 Å². The highest BCUT2D eigenvalue weighted by atomic mass is 16.2. The maximum absolute atomic E-state index is 11.9. The molecule has 0 saturated carbocycles. The molecule has 0 aliphatic rings. The molecule has 1 rings (SSSR count). The number of carbonyl (C=O) groups excluding carboxylic acids is 1. The van der Waals surface area contributed by atoms with E-state index in [9.17, 15) is 4.79 Å². The molecule has 0 saturated heterocycles. The Morgan fingerprint density at radius 2 is 1.88 bits per heavy atom. The van der Waals surface area contributed by atoms with Crippen molar-refractivity contribution in [1.29, 1.82) is 0 Å². The number of guanidine groups is 1. The van der Waals surface area contributed by atoms with Crippen molar-refractivity contribution in [2.24, 2.45) is 12.0 Å². The van der Waals surface area contributed by atoms with E-state index in [0.717, 1.165) is 18.5 Å². The number of nitrogens with one attached hydrogen (secondary N) is 3. The molecule has 3 N–H and O–H groups in total. The average molecular weight is 336 g/mol. The number of aryl methyl sites for hydroxylation is 2. The van der Waals surface area contributed by atoms with Crippen LogP contribution in [0.5, 0.6) is 0 Å². The number of hydrogen-bond donors (Lipinski definition) is 3. The minimum Gasteiger partial charge on any atom is -0.352 e. The zero-order chi connectivity index (χ0) is 18.3. The topological polar surface area (TPSA) is 83.3 Å². The van der Waals surface area contributed by atoms with E-state index in [-0.39, 0.29) is 18.0 Å². The molecule has 0 radical (unpaired) electrons. The summed E-state index contributed by atoms with van der Waals surface area (Å²) in [4.78, 5) is 16.1. The van der Waals surface area contributed by atoms with Crippen LogP contribution in [-0.2, 0) is 31.2 Å². The molecule has 0 aromatic carbocycles. The van der Waals surface area contributed by atoms with Crippen molar-refractivity contribution in [2.75, 3.05) is 13.6 Å². The zero-order valence-corrected chi connectivity index (χ0v) is 16.1. The molecule has 0 spiro atoms. The van der Waals surface area contributed by atoms with Crippen LogP contribution in [0, 0.1) is 0 Å². The van der Waals surface area contributed by atoms with Gasteiger partial charge in [0.2, 0.25) is 5.91 Å². The van der Waals surface area contributed by atoms with Crippen molar-refractivity contribution in [3.8, 4) is 0 Å². The molecule has 136 valence electrons. The summed E-state index contributed by atoms with van der Waals surface area (Å²) in [5.41, 5.74) is 3.30. The van der Waals surface area contributed by atoms with Crippen molar-refractivity contribution < 1.29 is 4.79 Å². The van der Waals surface area contributed by atoms with Crippen molar-refractivity contribution in [2.45, 2.75) is 59.5 Å². The first-order valence-corrected chi connectivity index (χ1v) is 8.50. The SMILES string of the molecule is CCc1nn(C)c(CC)c1CNC(=NC)NCC(=O)NC(C)(C)C. The van der Waals surface area contributed by atoms with E-state index >= 15 is 0 Å². The Kier molecular flexibility index (Phi) is 7.25. The molecule has 7 heteroatoms. The number of carbonyl (C=O) groups is 1. The first kappa shape index (κ1) is 20.0. The summed E-state index contributed by atoms with van der Waals surface area (Å²) >= 11 is 0. The lowest BCUT2D eigenvalue weighted by molar-refractivity contribution is -0.121. The van der Waals surface area contributed by atoms with E-state index in [2.05, 4.69) is 39.9 Å². The van der Waals surface area contributed by atoms with Gasteiger partial charge in [0.25, 0.3) is 0 Å². The first-order valence-electron chi connectivity index (χ1n) is 8.50. The van der Waals surface area contributed by atoms with Gasteiger partial charge in [-0.3, -0.25) is 14.5 Å². The average Bonchev–Trinajstić information content (AvgIpc) is 2.80. The first-order chi connectivity index (χ1) is 11.2. The second kappa shape index (κ2) is 8.70. The van der Waals surface area contributed by atoms with Gasteiger partial charge in [-0.2, -0.15) is 5.10 Å². The highest BCUT2D eigenvalue weighted by Gasteiger charge is 2.15. The van der Waals surface area contributed by atoms with Crippen molar-refractivity contribution in [3.05, 3.63) is 17.0 Å². The van der Waals surface area contributed by atoms with Crippen LogP contribution in [0.3, 0.4) is 0 Å². The van der Waals surface area contributed by atoms with Gasteiger partial charge in [0.1, 0.15) is 0 Å². The van der Waals surface area contributed by atoms with Crippen LogP contribution >= 0.6 is 0 Å². The number of hydrogen-bond acceptors (Lipinski definition) is 3. The summed E-state index contributed by atoms with van der Waals surface area (Å²) in [6.45, 7) is 10.9. The second-order valence-corrected chi connectivity index (χ2v) is 6.78. The molecular formula is C17H32N6O. The molecule has 7 nitrogen and oxygen atoms in total. The standard InChI is InChI=1S/C17H32N6O/c1-8-13-12(14(9-2)23(7)22-13)10-19-16(18-6)20-11-15(24)21-17(3,4)5/h8-11H2,1-7H3,(H,21,24)(H2,18,19,20). The Morgan fingerprint density at radius 3 is 2.38 bits per heavy atom. The van der Waals surface area contributed by atoms with Gasteiger partial charge in [-0.25, -0.2) is 0 Å². The smallest absolute Gasteiger partial charge is 0.239 e. The Balaban J connectivity index is 2.64. The minimum absolute atomic E-state index is 0.0599. The van der Waals surface area contributed by atoms with Crippen LogP contribution in [0.25, 0.3) is 0 Å². The minimum atomic E-state index is -0.239. The van der Waals surface area contributed by atoms with Crippen molar-refractivity contribution in [1.82, 2.24) is 25.7 Å². The fourth-order valence-corrected chi connectivity index (χ4v) is 2.61. The molecule has 1 aromatic heterocycles. The highest BCUT2D eigenvalue weighted by molar-refractivity contribution is 5.86. The van der Waals surface area contributed by atoms with Gasteiger partial charge in [-0.15, -0.1) is 0 Å². The summed E-state index contributed by atoms with van der Waals surface area (Å²) in [6, 6.07) is 0. The number of rotatable bonds is 6. The van der Waals surface area contributed by atoms with Crippen LogP contribution in [0.15, 0.2) is 4.99 Å². The molecule has 24 heavy (non-hydrogen) atoms. The monoisotopic (exact) mass is 336 g/mol. The van der Waals surface area contributed by atoms with Crippen molar-refractivity contribution >= 4 is 11.9 Å². The third-order valence-electron chi connectivity index (χ3n) is 3.61. The molecule has 0 bridgehead atoms. The fraction of sp³-hybridized carbons (Fsp3) is 0.706. The number of amides is 1. The molecule has 0 atom stereocenters. The summed E-state index contributed by atoms with van der Waals surface area (Å²) in [6.07, 6.45) is 1.82. The van der Waals surface area contributed by atoms with E-state index in [1.807, 2.05) is 32.5 Å². The molecule has 0 aliphatic heterocycles. The van der Waals surface area contributed by atoms with Crippen molar-refractivity contribution in [3.63, 3.8) is 0 Å². The molecular weight excluding hydrogens is 304 g/mol.